The van der Waals surface area contributed by atoms with Crippen molar-refractivity contribution in [3.8, 4) is 0 Å². The van der Waals surface area contributed by atoms with Crippen LogP contribution in [0.2, 0.25) is 0 Å². The topological polar surface area (TPSA) is 87.7 Å². The van der Waals surface area contributed by atoms with E-state index < -0.39 is 18.0 Å². The molecule has 1 heterocycles. The zero-order valence-corrected chi connectivity index (χ0v) is 16.8. The number of amides is 3. The van der Waals surface area contributed by atoms with E-state index in [-0.39, 0.29) is 12.5 Å². The smallest absolute Gasteiger partial charge is 0.328 e. The molecule has 152 valence electrons. The third-order valence-corrected chi connectivity index (χ3v) is 4.94. The number of benzene rings is 2. The molecule has 1 atom stereocenters. The quantitative estimate of drug-likeness (QED) is 0.762. The van der Waals surface area contributed by atoms with E-state index in [1.165, 1.54) is 7.11 Å². The van der Waals surface area contributed by atoms with E-state index >= 15 is 0 Å². The Morgan fingerprint density at radius 3 is 2.55 bits per heavy atom. The van der Waals surface area contributed by atoms with Crippen LogP contribution in [0.15, 0.2) is 42.5 Å². The molecule has 1 aliphatic heterocycles. The Balaban J connectivity index is 1.66. The highest BCUT2D eigenvalue weighted by Gasteiger charge is 2.26. The van der Waals surface area contributed by atoms with E-state index in [0.29, 0.717) is 12.1 Å². The standard InChI is InChI=1S/C22H25N3O4/c1-14-4-7-18(8-5-14)20(26)25-11-10-17-9-6-16(12-19(17)25)13-23-22(28)24-15(2)21(27)29-3/h4-9,12,15H,10-11,13H2,1-3H3,(H2,23,24,28)/t15-/m0/s1. The number of rotatable bonds is 5. The normalized spacial score (nSPS) is 13.4. The van der Waals surface area contributed by atoms with Crippen LogP contribution in [0.1, 0.15) is 34.0 Å². The number of ether oxygens (including phenoxy) is 1. The molecule has 0 spiro atoms. The number of carbonyl (C=O) groups is 3. The lowest BCUT2D eigenvalue weighted by Gasteiger charge is -2.18. The number of carbonyl (C=O) groups excluding carboxylic acids is 3. The van der Waals surface area contributed by atoms with Gasteiger partial charge in [0.2, 0.25) is 0 Å². The fourth-order valence-corrected chi connectivity index (χ4v) is 3.26. The Kier molecular flexibility index (Phi) is 6.16. The minimum Gasteiger partial charge on any atom is -0.467 e. The second-order valence-electron chi connectivity index (χ2n) is 7.11. The van der Waals surface area contributed by atoms with Crippen LogP contribution in [0, 0.1) is 6.92 Å². The number of nitrogens with zero attached hydrogens (tertiary/aromatic N) is 1. The number of fused-ring (bicyclic) bond motifs is 1. The molecule has 3 rings (SSSR count). The van der Waals surface area contributed by atoms with Gasteiger partial charge in [-0.2, -0.15) is 0 Å². The SMILES string of the molecule is COC(=O)[C@H](C)NC(=O)NCc1ccc2c(c1)N(C(=O)c1ccc(C)cc1)CC2. The second-order valence-corrected chi connectivity index (χ2v) is 7.11. The molecule has 0 aliphatic carbocycles. The average molecular weight is 395 g/mol. The lowest BCUT2D eigenvalue weighted by Crippen LogP contribution is -2.44. The summed E-state index contributed by atoms with van der Waals surface area (Å²) in [5.74, 6) is -0.540. The molecule has 7 heteroatoms. The van der Waals surface area contributed by atoms with Gasteiger partial charge in [-0.1, -0.05) is 29.8 Å². The highest BCUT2D eigenvalue weighted by atomic mass is 16.5. The maximum atomic E-state index is 12.9. The molecular formula is C22H25N3O4. The summed E-state index contributed by atoms with van der Waals surface area (Å²) in [7, 11) is 1.27. The Morgan fingerprint density at radius 1 is 1.14 bits per heavy atom. The molecule has 3 amide bonds. The molecule has 0 fully saturated rings. The molecule has 0 saturated heterocycles. The van der Waals surface area contributed by atoms with Gasteiger partial charge in [-0.05, 0) is 49.6 Å². The van der Waals surface area contributed by atoms with Crippen LogP contribution in [-0.2, 0) is 22.5 Å². The Labute approximate surface area is 170 Å². The van der Waals surface area contributed by atoms with E-state index in [4.69, 9.17) is 0 Å². The van der Waals surface area contributed by atoms with Crippen molar-refractivity contribution in [3.63, 3.8) is 0 Å². The molecule has 2 aromatic rings. The van der Waals surface area contributed by atoms with E-state index in [9.17, 15) is 14.4 Å². The predicted molar refractivity (Wildman–Crippen MR) is 110 cm³/mol. The lowest BCUT2D eigenvalue weighted by atomic mass is 10.1. The van der Waals surface area contributed by atoms with Crippen LogP contribution in [0.3, 0.4) is 0 Å². The number of nitrogens with one attached hydrogen (secondary N) is 2. The van der Waals surface area contributed by atoms with Crippen molar-refractivity contribution in [1.82, 2.24) is 10.6 Å². The number of esters is 1. The molecule has 2 aromatic carbocycles. The Morgan fingerprint density at radius 2 is 1.86 bits per heavy atom. The molecular weight excluding hydrogens is 370 g/mol. The van der Waals surface area contributed by atoms with Gasteiger partial charge in [0.05, 0.1) is 7.11 Å². The number of methoxy groups -OCH3 is 1. The van der Waals surface area contributed by atoms with Gasteiger partial charge < -0.3 is 20.3 Å². The summed E-state index contributed by atoms with van der Waals surface area (Å²) >= 11 is 0. The first-order chi connectivity index (χ1) is 13.9. The van der Waals surface area contributed by atoms with Gasteiger partial charge in [-0.3, -0.25) is 4.79 Å². The highest BCUT2D eigenvalue weighted by Crippen LogP contribution is 2.30. The van der Waals surface area contributed by atoms with Crippen LogP contribution in [0.5, 0.6) is 0 Å². The van der Waals surface area contributed by atoms with E-state index in [2.05, 4.69) is 15.4 Å². The number of aryl methyl sites for hydroxylation is 1. The molecule has 0 unspecified atom stereocenters. The van der Waals surface area contributed by atoms with E-state index in [1.54, 1.807) is 11.8 Å². The fourth-order valence-electron chi connectivity index (χ4n) is 3.26. The minimum atomic E-state index is -0.734. The molecule has 0 saturated carbocycles. The summed E-state index contributed by atoms with van der Waals surface area (Å²) < 4.78 is 4.58. The number of urea groups is 1. The summed E-state index contributed by atoms with van der Waals surface area (Å²) in [6, 6.07) is 12.2. The first-order valence-corrected chi connectivity index (χ1v) is 9.51. The molecule has 0 radical (unpaired) electrons. The maximum Gasteiger partial charge on any atom is 0.328 e. The third kappa shape index (κ3) is 4.74. The molecule has 2 N–H and O–H groups in total. The van der Waals surface area contributed by atoms with Crippen LogP contribution in [0.25, 0.3) is 0 Å². The molecule has 0 aromatic heterocycles. The summed E-state index contributed by atoms with van der Waals surface area (Å²) in [5.41, 5.74) is 4.61. The van der Waals surface area contributed by atoms with Crippen LogP contribution in [0.4, 0.5) is 10.5 Å². The van der Waals surface area contributed by atoms with Gasteiger partial charge in [-0.25, -0.2) is 9.59 Å². The summed E-state index contributed by atoms with van der Waals surface area (Å²) in [6.07, 6.45) is 0.803. The van der Waals surface area contributed by atoms with Crippen molar-refractivity contribution in [2.45, 2.75) is 32.9 Å². The summed E-state index contributed by atoms with van der Waals surface area (Å²) in [5, 5.41) is 5.24. The van der Waals surface area contributed by atoms with Crippen molar-refractivity contribution in [1.29, 1.82) is 0 Å². The number of hydrogen-bond donors (Lipinski definition) is 2. The van der Waals surface area contributed by atoms with Crippen molar-refractivity contribution < 1.29 is 19.1 Å². The van der Waals surface area contributed by atoms with E-state index in [0.717, 1.165) is 28.8 Å². The van der Waals surface area contributed by atoms with Gasteiger partial charge in [0, 0.05) is 24.3 Å². The molecule has 29 heavy (non-hydrogen) atoms. The maximum absolute atomic E-state index is 12.9. The summed E-state index contributed by atoms with van der Waals surface area (Å²) in [6.45, 7) is 4.45. The van der Waals surface area contributed by atoms with E-state index in [1.807, 2.05) is 49.4 Å². The largest absolute Gasteiger partial charge is 0.467 e. The molecule has 1 aliphatic rings. The Hall–Kier alpha value is -3.35. The van der Waals surface area contributed by atoms with Gasteiger partial charge in [-0.15, -0.1) is 0 Å². The predicted octanol–water partition coefficient (Wildman–Crippen LogP) is 2.56. The van der Waals surface area contributed by atoms with Crippen LogP contribution in [-0.4, -0.2) is 37.6 Å². The zero-order valence-electron chi connectivity index (χ0n) is 16.8. The number of anilines is 1. The van der Waals surface area contributed by atoms with Crippen LogP contribution < -0.4 is 15.5 Å². The van der Waals surface area contributed by atoms with Crippen molar-refractivity contribution >= 4 is 23.6 Å². The van der Waals surface area contributed by atoms with Gasteiger partial charge in [0.1, 0.15) is 6.04 Å². The van der Waals surface area contributed by atoms with Gasteiger partial charge in [0.25, 0.3) is 5.91 Å². The fraction of sp³-hybridized carbons (Fsp3) is 0.318. The first kappa shape index (κ1) is 20.4. The van der Waals surface area contributed by atoms with Crippen molar-refractivity contribution in [2.24, 2.45) is 0 Å². The highest BCUT2D eigenvalue weighted by molar-refractivity contribution is 6.07. The second kappa shape index (κ2) is 8.77. The van der Waals surface area contributed by atoms with Gasteiger partial charge >= 0.3 is 12.0 Å². The monoisotopic (exact) mass is 395 g/mol. The van der Waals surface area contributed by atoms with Gasteiger partial charge in [0.15, 0.2) is 0 Å². The summed E-state index contributed by atoms with van der Waals surface area (Å²) in [4.78, 5) is 38.0. The van der Waals surface area contributed by atoms with Crippen LogP contribution >= 0.6 is 0 Å². The lowest BCUT2D eigenvalue weighted by molar-refractivity contribution is -0.142. The third-order valence-electron chi connectivity index (χ3n) is 4.94. The molecule has 7 nitrogen and oxygen atoms in total. The first-order valence-electron chi connectivity index (χ1n) is 9.51. The van der Waals surface area contributed by atoms with Crippen molar-refractivity contribution in [2.75, 3.05) is 18.6 Å². The zero-order chi connectivity index (χ0) is 21.0. The number of hydrogen-bond acceptors (Lipinski definition) is 4. The average Bonchev–Trinajstić information content (AvgIpc) is 3.14. The van der Waals surface area contributed by atoms with Crippen molar-refractivity contribution in [3.05, 3.63) is 64.7 Å². The minimum absolute atomic E-state index is 0.0292. The Bertz CT molecular complexity index is 924. The molecule has 0 bridgehead atoms.